The van der Waals surface area contributed by atoms with Crippen molar-refractivity contribution in [1.29, 1.82) is 0 Å². The third-order valence-corrected chi connectivity index (χ3v) is 3.35. The van der Waals surface area contributed by atoms with Crippen LogP contribution in [0.1, 0.15) is 28.7 Å². The summed E-state index contributed by atoms with van der Waals surface area (Å²) < 4.78 is 1.48. The first kappa shape index (κ1) is 14.3. The first-order valence-corrected chi connectivity index (χ1v) is 6.57. The van der Waals surface area contributed by atoms with Crippen LogP contribution >= 0.6 is 11.6 Å². The maximum absolute atomic E-state index is 12.4. The Morgan fingerprint density at radius 3 is 2.80 bits per heavy atom. The molecule has 0 fully saturated rings. The Morgan fingerprint density at radius 2 is 2.25 bits per heavy atom. The Morgan fingerprint density at radius 1 is 1.55 bits per heavy atom. The minimum absolute atomic E-state index is 0.245. The Labute approximate surface area is 121 Å². The number of halogens is 1. The first-order chi connectivity index (χ1) is 9.45. The Bertz CT molecular complexity index is 645. The molecule has 20 heavy (non-hydrogen) atoms. The van der Waals surface area contributed by atoms with E-state index in [2.05, 4.69) is 15.4 Å². The van der Waals surface area contributed by atoms with Crippen molar-refractivity contribution in [3.63, 3.8) is 0 Å². The second kappa shape index (κ2) is 5.50. The summed E-state index contributed by atoms with van der Waals surface area (Å²) in [5.41, 5.74) is 8.68. The van der Waals surface area contributed by atoms with E-state index in [1.807, 2.05) is 13.8 Å². The molecule has 0 saturated heterocycles. The number of amides is 1. The van der Waals surface area contributed by atoms with E-state index in [-0.39, 0.29) is 11.1 Å². The van der Waals surface area contributed by atoms with Gasteiger partial charge < -0.3 is 11.1 Å². The van der Waals surface area contributed by atoms with Gasteiger partial charge >= 0.3 is 0 Å². The highest BCUT2D eigenvalue weighted by Gasteiger charge is 2.20. The molecule has 0 aromatic carbocycles. The Hall–Kier alpha value is -2.08. The number of rotatable bonds is 3. The van der Waals surface area contributed by atoms with E-state index in [9.17, 15) is 4.79 Å². The first-order valence-electron chi connectivity index (χ1n) is 6.19. The summed E-state index contributed by atoms with van der Waals surface area (Å²) in [6.07, 6.45) is 2.25. The molecular formula is C13H16ClN5O. The quantitative estimate of drug-likeness (QED) is 0.849. The minimum Gasteiger partial charge on any atom is -0.395 e. The summed E-state index contributed by atoms with van der Waals surface area (Å²) in [5.74, 6) is -0.352. The standard InChI is InChI=1S/C13H16ClN5O/c1-4-8-9(15)11(19(3)18-8)13(20)17-10-7(2)5-6-16-12(10)14/h5-6H,4,15H2,1-3H3,(H,17,20). The molecule has 0 atom stereocenters. The van der Waals surface area contributed by atoms with Gasteiger partial charge in [0.25, 0.3) is 5.91 Å². The third-order valence-electron chi connectivity index (χ3n) is 3.06. The maximum Gasteiger partial charge on any atom is 0.276 e. The summed E-state index contributed by atoms with van der Waals surface area (Å²) in [5, 5.41) is 7.20. The van der Waals surface area contributed by atoms with E-state index < -0.39 is 0 Å². The van der Waals surface area contributed by atoms with Gasteiger partial charge in [-0.2, -0.15) is 5.10 Å². The van der Waals surface area contributed by atoms with Gasteiger partial charge in [0.1, 0.15) is 5.69 Å². The number of carbonyl (C=O) groups is 1. The highest BCUT2D eigenvalue weighted by molar-refractivity contribution is 6.33. The summed E-state index contributed by atoms with van der Waals surface area (Å²) >= 11 is 5.99. The zero-order valence-corrected chi connectivity index (χ0v) is 12.3. The van der Waals surface area contributed by atoms with E-state index in [0.29, 0.717) is 29.2 Å². The predicted molar refractivity (Wildman–Crippen MR) is 78.9 cm³/mol. The normalized spacial score (nSPS) is 10.6. The number of nitrogens with two attached hydrogens (primary N) is 1. The Balaban J connectivity index is 2.36. The van der Waals surface area contributed by atoms with Crippen LogP contribution in [0.5, 0.6) is 0 Å². The predicted octanol–water partition coefficient (Wildman–Crippen LogP) is 2.17. The molecule has 0 spiro atoms. The molecule has 0 radical (unpaired) electrons. The molecule has 1 amide bonds. The summed E-state index contributed by atoms with van der Waals surface area (Å²) in [6, 6.07) is 1.77. The third kappa shape index (κ3) is 2.46. The molecule has 0 aliphatic rings. The summed E-state index contributed by atoms with van der Waals surface area (Å²) in [7, 11) is 1.68. The zero-order valence-electron chi connectivity index (χ0n) is 11.6. The zero-order chi connectivity index (χ0) is 14.9. The van der Waals surface area contributed by atoms with Crippen molar-refractivity contribution in [2.75, 3.05) is 11.1 Å². The van der Waals surface area contributed by atoms with E-state index in [4.69, 9.17) is 17.3 Å². The highest BCUT2D eigenvalue weighted by Crippen LogP contribution is 2.25. The van der Waals surface area contributed by atoms with Gasteiger partial charge in [-0.05, 0) is 25.0 Å². The molecule has 2 aromatic rings. The average molecular weight is 294 g/mol. The highest BCUT2D eigenvalue weighted by atomic mass is 35.5. The summed E-state index contributed by atoms with van der Waals surface area (Å²) in [4.78, 5) is 16.3. The molecule has 2 aromatic heterocycles. The molecule has 2 heterocycles. The van der Waals surface area contributed by atoms with Gasteiger partial charge in [0, 0.05) is 13.2 Å². The van der Waals surface area contributed by atoms with Crippen molar-refractivity contribution in [1.82, 2.24) is 14.8 Å². The van der Waals surface area contributed by atoms with Crippen LogP contribution in [0.2, 0.25) is 5.15 Å². The van der Waals surface area contributed by atoms with Crippen LogP contribution in [-0.4, -0.2) is 20.7 Å². The van der Waals surface area contributed by atoms with E-state index >= 15 is 0 Å². The molecule has 7 heteroatoms. The Kier molecular flexibility index (Phi) is 3.94. The van der Waals surface area contributed by atoms with E-state index in [0.717, 1.165) is 5.56 Å². The van der Waals surface area contributed by atoms with E-state index in [1.54, 1.807) is 19.3 Å². The molecule has 0 saturated carbocycles. The molecule has 6 nitrogen and oxygen atoms in total. The molecule has 0 unspecified atom stereocenters. The molecule has 2 rings (SSSR count). The molecule has 106 valence electrons. The molecular weight excluding hydrogens is 278 g/mol. The fourth-order valence-electron chi connectivity index (χ4n) is 1.97. The van der Waals surface area contributed by atoms with Gasteiger partial charge in [-0.25, -0.2) is 4.98 Å². The number of pyridine rings is 1. The van der Waals surface area contributed by atoms with Gasteiger partial charge in [0.2, 0.25) is 0 Å². The number of nitrogens with one attached hydrogen (secondary N) is 1. The van der Waals surface area contributed by atoms with Gasteiger partial charge in [-0.3, -0.25) is 9.48 Å². The number of carbonyl (C=O) groups excluding carboxylic acids is 1. The van der Waals surface area contributed by atoms with Crippen molar-refractivity contribution >= 4 is 28.9 Å². The lowest BCUT2D eigenvalue weighted by molar-refractivity contribution is 0.101. The molecule has 0 aliphatic carbocycles. The van der Waals surface area contributed by atoms with Crippen molar-refractivity contribution in [3.8, 4) is 0 Å². The number of nitrogen functional groups attached to an aromatic ring is 1. The van der Waals surface area contributed by atoms with Crippen molar-refractivity contribution in [2.24, 2.45) is 7.05 Å². The number of anilines is 2. The molecule has 0 bridgehead atoms. The monoisotopic (exact) mass is 293 g/mol. The van der Waals surface area contributed by atoms with Crippen LogP contribution < -0.4 is 11.1 Å². The summed E-state index contributed by atoms with van der Waals surface area (Å²) in [6.45, 7) is 3.77. The van der Waals surface area contributed by atoms with Crippen molar-refractivity contribution in [3.05, 3.63) is 34.4 Å². The van der Waals surface area contributed by atoms with Crippen molar-refractivity contribution in [2.45, 2.75) is 20.3 Å². The largest absolute Gasteiger partial charge is 0.395 e. The second-order valence-electron chi connectivity index (χ2n) is 4.43. The van der Waals surface area contributed by atoms with Crippen molar-refractivity contribution < 1.29 is 4.79 Å². The number of hydrogen-bond acceptors (Lipinski definition) is 4. The lowest BCUT2D eigenvalue weighted by Gasteiger charge is -2.10. The van der Waals surface area contributed by atoms with Gasteiger partial charge in [0.05, 0.1) is 17.1 Å². The van der Waals surface area contributed by atoms with Crippen LogP contribution in [0, 0.1) is 6.92 Å². The lowest BCUT2D eigenvalue weighted by atomic mass is 10.2. The van der Waals surface area contributed by atoms with Gasteiger partial charge in [-0.15, -0.1) is 0 Å². The van der Waals surface area contributed by atoms with Gasteiger partial charge in [0.15, 0.2) is 5.15 Å². The van der Waals surface area contributed by atoms with Crippen LogP contribution in [0.25, 0.3) is 0 Å². The fourth-order valence-corrected chi connectivity index (χ4v) is 2.23. The topological polar surface area (TPSA) is 85.8 Å². The maximum atomic E-state index is 12.4. The smallest absolute Gasteiger partial charge is 0.276 e. The lowest BCUT2D eigenvalue weighted by Crippen LogP contribution is -2.18. The molecule has 3 N–H and O–H groups in total. The second-order valence-corrected chi connectivity index (χ2v) is 4.79. The van der Waals surface area contributed by atoms with Crippen LogP contribution in [-0.2, 0) is 13.5 Å². The minimum atomic E-state index is -0.352. The van der Waals surface area contributed by atoms with Crippen LogP contribution in [0.3, 0.4) is 0 Å². The van der Waals surface area contributed by atoms with Crippen LogP contribution in [0.15, 0.2) is 12.3 Å². The number of nitrogens with zero attached hydrogens (tertiary/aromatic N) is 3. The van der Waals surface area contributed by atoms with Gasteiger partial charge in [-0.1, -0.05) is 18.5 Å². The fraction of sp³-hybridized carbons (Fsp3) is 0.308. The number of aryl methyl sites for hydroxylation is 3. The number of hydrogen-bond donors (Lipinski definition) is 2. The SMILES string of the molecule is CCc1nn(C)c(C(=O)Nc2c(C)ccnc2Cl)c1N. The number of aromatic nitrogens is 3. The van der Waals surface area contributed by atoms with Crippen LogP contribution in [0.4, 0.5) is 11.4 Å². The average Bonchev–Trinajstić information content (AvgIpc) is 2.68. The molecule has 0 aliphatic heterocycles. The van der Waals surface area contributed by atoms with E-state index in [1.165, 1.54) is 4.68 Å².